The second-order valence-corrected chi connectivity index (χ2v) is 5.96. The minimum absolute atomic E-state index is 0.115. The van der Waals surface area contributed by atoms with E-state index in [4.69, 9.17) is 17.3 Å². The second kappa shape index (κ2) is 8.25. The van der Waals surface area contributed by atoms with Crippen molar-refractivity contribution in [3.05, 3.63) is 28.8 Å². The SMILES string of the molecule is CCC(CC)C(CNC(=O)c1ccc(Cl)c(N)c1)N(C)C. The van der Waals surface area contributed by atoms with Crippen LogP contribution in [0.2, 0.25) is 5.02 Å². The van der Waals surface area contributed by atoms with Crippen LogP contribution in [0.5, 0.6) is 0 Å². The molecule has 1 aromatic carbocycles. The van der Waals surface area contributed by atoms with E-state index >= 15 is 0 Å². The average molecular weight is 312 g/mol. The zero-order chi connectivity index (χ0) is 16.0. The number of rotatable bonds is 7. The number of amides is 1. The minimum Gasteiger partial charge on any atom is -0.398 e. The first-order valence-electron chi connectivity index (χ1n) is 7.40. The fourth-order valence-corrected chi connectivity index (χ4v) is 2.71. The van der Waals surface area contributed by atoms with Gasteiger partial charge in [-0.1, -0.05) is 38.3 Å². The van der Waals surface area contributed by atoms with Gasteiger partial charge in [-0.2, -0.15) is 0 Å². The monoisotopic (exact) mass is 311 g/mol. The van der Waals surface area contributed by atoms with E-state index in [0.717, 1.165) is 12.8 Å². The molecular weight excluding hydrogens is 286 g/mol. The number of hydrogen-bond acceptors (Lipinski definition) is 3. The third-order valence-electron chi connectivity index (χ3n) is 3.99. The molecule has 1 atom stereocenters. The normalized spacial score (nSPS) is 12.7. The van der Waals surface area contributed by atoms with Gasteiger partial charge in [0, 0.05) is 18.2 Å². The molecule has 0 aliphatic carbocycles. The predicted molar refractivity (Wildman–Crippen MR) is 89.7 cm³/mol. The van der Waals surface area contributed by atoms with Gasteiger partial charge >= 0.3 is 0 Å². The molecule has 0 heterocycles. The third-order valence-corrected chi connectivity index (χ3v) is 4.33. The zero-order valence-corrected chi connectivity index (χ0v) is 14.1. The van der Waals surface area contributed by atoms with Gasteiger partial charge in [-0.3, -0.25) is 4.79 Å². The van der Waals surface area contributed by atoms with Gasteiger partial charge in [0.25, 0.3) is 5.91 Å². The second-order valence-electron chi connectivity index (χ2n) is 5.55. The van der Waals surface area contributed by atoms with Crippen molar-refractivity contribution in [2.45, 2.75) is 32.7 Å². The van der Waals surface area contributed by atoms with Gasteiger partial charge in [-0.25, -0.2) is 0 Å². The molecule has 0 aromatic heterocycles. The fourth-order valence-electron chi connectivity index (χ4n) is 2.59. The van der Waals surface area contributed by atoms with E-state index in [1.54, 1.807) is 18.2 Å². The molecule has 0 spiro atoms. The van der Waals surface area contributed by atoms with Gasteiger partial charge in [0.2, 0.25) is 0 Å². The number of carbonyl (C=O) groups excluding carboxylic acids is 1. The Morgan fingerprint density at radius 2 is 1.95 bits per heavy atom. The topological polar surface area (TPSA) is 58.4 Å². The van der Waals surface area contributed by atoms with E-state index in [2.05, 4.69) is 38.2 Å². The number of nitrogen functional groups attached to an aromatic ring is 1. The molecule has 1 unspecified atom stereocenters. The van der Waals surface area contributed by atoms with E-state index in [0.29, 0.717) is 34.8 Å². The lowest BCUT2D eigenvalue weighted by Gasteiger charge is -2.31. The van der Waals surface area contributed by atoms with E-state index < -0.39 is 0 Å². The predicted octanol–water partition coefficient (Wildman–Crippen LogP) is 3.02. The van der Waals surface area contributed by atoms with Gasteiger partial charge < -0.3 is 16.0 Å². The number of carbonyl (C=O) groups is 1. The van der Waals surface area contributed by atoms with E-state index in [1.807, 2.05) is 0 Å². The highest BCUT2D eigenvalue weighted by atomic mass is 35.5. The van der Waals surface area contributed by atoms with Gasteiger partial charge in [-0.15, -0.1) is 0 Å². The van der Waals surface area contributed by atoms with Gasteiger partial charge in [-0.05, 0) is 38.2 Å². The molecule has 3 N–H and O–H groups in total. The van der Waals surface area contributed by atoms with Crippen molar-refractivity contribution in [1.82, 2.24) is 10.2 Å². The largest absolute Gasteiger partial charge is 0.398 e. The van der Waals surface area contributed by atoms with Crippen LogP contribution in [-0.2, 0) is 0 Å². The summed E-state index contributed by atoms with van der Waals surface area (Å²) in [6, 6.07) is 5.28. The molecule has 0 saturated heterocycles. The number of nitrogens with one attached hydrogen (secondary N) is 1. The summed E-state index contributed by atoms with van der Waals surface area (Å²) in [6.45, 7) is 5.00. The molecule has 5 heteroatoms. The first-order chi connectivity index (χ1) is 9.90. The van der Waals surface area contributed by atoms with Crippen molar-refractivity contribution in [1.29, 1.82) is 0 Å². The number of nitrogens with two attached hydrogens (primary N) is 1. The molecule has 118 valence electrons. The minimum atomic E-state index is -0.115. The third kappa shape index (κ3) is 4.90. The zero-order valence-electron chi connectivity index (χ0n) is 13.3. The molecule has 0 aliphatic rings. The molecule has 21 heavy (non-hydrogen) atoms. The summed E-state index contributed by atoms with van der Waals surface area (Å²) in [5, 5.41) is 3.46. The summed E-state index contributed by atoms with van der Waals surface area (Å²) in [6.07, 6.45) is 2.20. The number of nitrogens with zero attached hydrogens (tertiary/aromatic N) is 1. The quantitative estimate of drug-likeness (QED) is 0.761. The Morgan fingerprint density at radius 3 is 2.43 bits per heavy atom. The van der Waals surface area contributed by atoms with Crippen LogP contribution in [0.25, 0.3) is 0 Å². The lowest BCUT2D eigenvalue weighted by molar-refractivity contribution is 0.0929. The Morgan fingerprint density at radius 1 is 1.33 bits per heavy atom. The van der Waals surface area contributed by atoms with E-state index in [-0.39, 0.29) is 5.91 Å². The standard InChI is InChI=1S/C16H26ClN3O/c1-5-11(6-2)15(20(3)4)10-19-16(21)12-7-8-13(17)14(18)9-12/h7-9,11,15H,5-6,10,18H2,1-4H3,(H,19,21). The maximum atomic E-state index is 12.2. The Bertz CT molecular complexity index is 473. The van der Waals surface area contributed by atoms with Crippen molar-refractivity contribution in [3.8, 4) is 0 Å². The van der Waals surface area contributed by atoms with Crippen molar-refractivity contribution < 1.29 is 4.79 Å². The molecule has 0 fully saturated rings. The highest BCUT2D eigenvalue weighted by molar-refractivity contribution is 6.33. The Hall–Kier alpha value is -1.26. The summed E-state index contributed by atoms with van der Waals surface area (Å²) in [4.78, 5) is 14.4. The molecule has 1 amide bonds. The van der Waals surface area contributed by atoms with Crippen LogP contribution in [0.4, 0.5) is 5.69 Å². The summed E-state index contributed by atoms with van der Waals surface area (Å²) in [5.74, 6) is 0.451. The Kier molecular flexibility index (Phi) is 6.99. The number of likely N-dealkylation sites (N-methyl/N-ethyl adjacent to an activating group) is 1. The lowest BCUT2D eigenvalue weighted by atomic mass is 9.93. The summed E-state index contributed by atoms with van der Waals surface area (Å²) in [7, 11) is 4.10. The molecule has 0 bridgehead atoms. The van der Waals surface area contributed by atoms with Crippen LogP contribution in [0.15, 0.2) is 18.2 Å². The Labute approximate surface area is 132 Å². The summed E-state index contributed by atoms with van der Waals surface area (Å²) >= 11 is 5.87. The van der Waals surface area contributed by atoms with Crippen LogP contribution >= 0.6 is 11.6 Å². The molecule has 1 rings (SSSR count). The van der Waals surface area contributed by atoms with Gasteiger partial charge in [0.15, 0.2) is 0 Å². The fraction of sp³-hybridized carbons (Fsp3) is 0.562. The number of benzene rings is 1. The van der Waals surface area contributed by atoms with Crippen molar-refractivity contribution in [3.63, 3.8) is 0 Å². The number of anilines is 1. The smallest absolute Gasteiger partial charge is 0.251 e. The van der Waals surface area contributed by atoms with Gasteiger partial charge in [0.1, 0.15) is 0 Å². The van der Waals surface area contributed by atoms with Crippen LogP contribution < -0.4 is 11.1 Å². The van der Waals surface area contributed by atoms with E-state index in [9.17, 15) is 4.79 Å². The Balaban J connectivity index is 2.71. The lowest BCUT2D eigenvalue weighted by Crippen LogP contribution is -2.44. The van der Waals surface area contributed by atoms with Crippen molar-refractivity contribution in [2.24, 2.45) is 5.92 Å². The number of hydrogen-bond donors (Lipinski definition) is 2. The van der Waals surface area contributed by atoms with Crippen molar-refractivity contribution in [2.75, 3.05) is 26.4 Å². The maximum Gasteiger partial charge on any atom is 0.251 e. The summed E-state index contributed by atoms with van der Waals surface area (Å²) < 4.78 is 0. The van der Waals surface area contributed by atoms with Crippen LogP contribution in [0.1, 0.15) is 37.0 Å². The first kappa shape index (κ1) is 17.8. The van der Waals surface area contributed by atoms with Crippen LogP contribution in [-0.4, -0.2) is 37.5 Å². The molecule has 0 aliphatic heterocycles. The first-order valence-corrected chi connectivity index (χ1v) is 7.78. The van der Waals surface area contributed by atoms with Crippen molar-refractivity contribution >= 4 is 23.2 Å². The van der Waals surface area contributed by atoms with Crippen LogP contribution in [0, 0.1) is 5.92 Å². The van der Waals surface area contributed by atoms with Gasteiger partial charge in [0.05, 0.1) is 10.7 Å². The molecule has 1 aromatic rings. The molecule has 0 radical (unpaired) electrons. The average Bonchev–Trinajstić information content (AvgIpc) is 2.45. The molecular formula is C16H26ClN3O. The molecule has 4 nitrogen and oxygen atoms in total. The van der Waals surface area contributed by atoms with E-state index in [1.165, 1.54) is 0 Å². The van der Waals surface area contributed by atoms with Crippen LogP contribution in [0.3, 0.4) is 0 Å². The highest BCUT2D eigenvalue weighted by Gasteiger charge is 2.21. The highest BCUT2D eigenvalue weighted by Crippen LogP contribution is 2.20. The maximum absolute atomic E-state index is 12.2. The number of halogens is 1. The molecule has 0 saturated carbocycles. The summed E-state index contributed by atoms with van der Waals surface area (Å²) in [5.41, 5.74) is 6.70.